The maximum Gasteiger partial charge on any atom is 0.265 e. The second kappa shape index (κ2) is 6.03. The van der Waals surface area contributed by atoms with Crippen molar-refractivity contribution in [3.05, 3.63) is 27.3 Å². The fourth-order valence-electron chi connectivity index (χ4n) is 1.70. The quantitative estimate of drug-likeness (QED) is 0.790. The zero-order valence-electron chi connectivity index (χ0n) is 10.8. The summed E-state index contributed by atoms with van der Waals surface area (Å²) in [6.07, 6.45) is 0.812. The van der Waals surface area contributed by atoms with Crippen molar-refractivity contribution >= 4 is 39.5 Å². The summed E-state index contributed by atoms with van der Waals surface area (Å²) >= 11 is 2.92. The number of rotatable bonds is 5. The molecule has 2 aromatic heterocycles. The maximum atomic E-state index is 12.1. The van der Waals surface area contributed by atoms with Crippen molar-refractivity contribution in [2.45, 2.75) is 19.4 Å². The lowest BCUT2D eigenvalue weighted by Gasteiger charge is -2.12. The van der Waals surface area contributed by atoms with Crippen LogP contribution in [-0.2, 0) is 6.42 Å². The molecule has 0 saturated carbocycles. The summed E-state index contributed by atoms with van der Waals surface area (Å²) in [6, 6.07) is 2.12. The third-order valence-electron chi connectivity index (χ3n) is 2.57. The summed E-state index contributed by atoms with van der Waals surface area (Å²) in [4.78, 5) is 16.6. The normalized spacial score (nSPS) is 12.1. The van der Waals surface area contributed by atoms with Crippen molar-refractivity contribution in [2.75, 3.05) is 18.1 Å². The van der Waals surface area contributed by atoms with Crippen LogP contribution in [0.2, 0.25) is 0 Å². The molecule has 2 heterocycles. The van der Waals surface area contributed by atoms with Gasteiger partial charge in [-0.25, -0.2) is 4.98 Å². The van der Waals surface area contributed by atoms with Crippen LogP contribution in [-0.4, -0.2) is 24.0 Å². The van der Waals surface area contributed by atoms with E-state index < -0.39 is 0 Å². The third kappa shape index (κ3) is 3.45. The Morgan fingerprint density at radius 3 is 2.95 bits per heavy atom. The number of thiophene rings is 1. The minimum absolute atomic E-state index is 0.0571. The number of nitrogens with two attached hydrogens (primary N) is 1. The Morgan fingerprint density at radius 1 is 1.58 bits per heavy atom. The van der Waals surface area contributed by atoms with Gasteiger partial charge >= 0.3 is 0 Å². The summed E-state index contributed by atoms with van der Waals surface area (Å²) in [7, 11) is 1.75. The highest BCUT2D eigenvalue weighted by molar-refractivity contribution is 7.18. The van der Waals surface area contributed by atoms with Gasteiger partial charge in [0.1, 0.15) is 10.7 Å². The molecule has 0 saturated heterocycles. The summed E-state index contributed by atoms with van der Waals surface area (Å²) in [5.41, 5.74) is 6.96. The summed E-state index contributed by atoms with van der Waals surface area (Å²) in [5, 5.41) is 10.6. The Morgan fingerprint density at radius 2 is 2.37 bits per heavy atom. The third-order valence-corrected chi connectivity index (χ3v) is 4.39. The molecule has 4 N–H and O–H groups in total. The highest BCUT2D eigenvalue weighted by Crippen LogP contribution is 2.24. The van der Waals surface area contributed by atoms with E-state index in [1.54, 1.807) is 18.4 Å². The monoisotopic (exact) mass is 296 g/mol. The molecule has 2 rings (SSSR count). The van der Waals surface area contributed by atoms with E-state index in [1.807, 2.05) is 12.3 Å². The summed E-state index contributed by atoms with van der Waals surface area (Å²) in [5.74, 6) is 0.105. The molecule has 5 nitrogen and oxygen atoms in total. The largest absolute Gasteiger partial charge is 0.382 e. The highest BCUT2D eigenvalue weighted by Gasteiger charge is 2.17. The van der Waals surface area contributed by atoms with Gasteiger partial charge in [-0.1, -0.05) is 11.3 Å². The van der Waals surface area contributed by atoms with Crippen LogP contribution >= 0.6 is 22.7 Å². The Kier molecular flexibility index (Phi) is 4.39. The lowest BCUT2D eigenvalue weighted by atomic mass is 10.1. The van der Waals surface area contributed by atoms with Gasteiger partial charge in [0.05, 0.1) is 0 Å². The van der Waals surface area contributed by atoms with Gasteiger partial charge in [-0.3, -0.25) is 4.79 Å². The van der Waals surface area contributed by atoms with Crippen LogP contribution in [0.1, 0.15) is 22.2 Å². The zero-order valence-corrected chi connectivity index (χ0v) is 12.4. The molecular formula is C12H16N4OS2. The zero-order chi connectivity index (χ0) is 13.8. The van der Waals surface area contributed by atoms with E-state index in [9.17, 15) is 4.79 Å². The smallest absolute Gasteiger partial charge is 0.265 e. The number of nitrogens with one attached hydrogen (secondary N) is 2. The molecule has 1 unspecified atom stereocenters. The predicted octanol–water partition coefficient (Wildman–Crippen LogP) is 2.19. The lowest BCUT2D eigenvalue weighted by molar-refractivity contribution is 0.0945. The van der Waals surface area contributed by atoms with E-state index in [1.165, 1.54) is 16.9 Å². The first-order valence-electron chi connectivity index (χ1n) is 5.86. The second-order valence-corrected chi connectivity index (χ2v) is 5.97. The van der Waals surface area contributed by atoms with Crippen LogP contribution in [0.15, 0.2) is 16.8 Å². The Balaban J connectivity index is 1.98. The van der Waals surface area contributed by atoms with Gasteiger partial charge in [0.15, 0.2) is 5.13 Å². The van der Waals surface area contributed by atoms with Crippen molar-refractivity contribution in [1.82, 2.24) is 10.3 Å². The van der Waals surface area contributed by atoms with Crippen molar-refractivity contribution in [3.8, 4) is 0 Å². The predicted molar refractivity (Wildman–Crippen MR) is 81.0 cm³/mol. The van der Waals surface area contributed by atoms with Crippen LogP contribution in [0.5, 0.6) is 0 Å². The minimum Gasteiger partial charge on any atom is -0.382 e. The SMILES string of the molecule is CNc1nc(N)c(C(=O)NC(C)Cc2ccsc2)s1. The topological polar surface area (TPSA) is 80.0 Å². The van der Waals surface area contributed by atoms with Crippen molar-refractivity contribution in [1.29, 1.82) is 0 Å². The first kappa shape index (κ1) is 13.8. The number of carbonyl (C=O) groups is 1. The van der Waals surface area contributed by atoms with E-state index >= 15 is 0 Å². The van der Waals surface area contributed by atoms with Gasteiger partial charge in [-0.15, -0.1) is 0 Å². The van der Waals surface area contributed by atoms with Crippen LogP contribution < -0.4 is 16.4 Å². The number of carbonyl (C=O) groups excluding carboxylic acids is 1. The Labute approximate surface area is 119 Å². The Bertz CT molecular complexity index is 550. The maximum absolute atomic E-state index is 12.1. The van der Waals surface area contributed by atoms with Crippen LogP contribution in [0.25, 0.3) is 0 Å². The van der Waals surface area contributed by atoms with Gasteiger partial charge in [-0.2, -0.15) is 11.3 Å². The first-order valence-corrected chi connectivity index (χ1v) is 7.62. The van der Waals surface area contributed by atoms with Gasteiger partial charge in [0.25, 0.3) is 5.91 Å². The molecule has 1 atom stereocenters. The molecule has 0 fully saturated rings. The molecule has 0 bridgehead atoms. The van der Waals surface area contributed by atoms with E-state index in [-0.39, 0.29) is 17.8 Å². The highest BCUT2D eigenvalue weighted by atomic mass is 32.1. The fraction of sp³-hybridized carbons (Fsp3) is 0.333. The molecule has 0 radical (unpaired) electrons. The van der Waals surface area contributed by atoms with E-state index in [4.69, 9.17) is 5.73 Å². The van der Waals surface area contributed by atoms with Gasteiger partial charge in [-0.05, 0) is 35.7 Å². The minimum atomic E-state index is -0.167. The molecule has 0 aliphatic heterocycles. The van der Waals surface area contributed by atoms with Gasteiger partial charge in [0, 0.05) is 13.1 Å². The number of thiazole rings is 1. The van der Waals surface area contributed by atoms with Gasteiger partial charge < -0.3 is 16.4 Å². The summed E-state index contributed by atoms with van der Waals surface area (Å²) < 4.78 is 0. The average molecular weight is 296 g/mol. The average Bonchev–Trinajstić information content (AvgIpc) is 2.98. The number of nitrogens with zero attached hydrogens (tertiary/aromatic N) is 1. The molecule has 2 aromatic rings. The lowest BCUT2D eigenvalue weighted by Crippen LogP contribution is -2.33. The molecule has 0 aliphatic carbocycles. The fourth-order valence-corrected chi connectivity index (χ4v) is 3.13. The molecular weight excluding hydrogens is 280 g/mol. The second-order valence-electron chi connectivity index (χ2n) is 4.19. The first-order chi connectivity index (χ1) is 9.10. The van der Waals surface area contributed by atoms with Crippen LogP contribution in [0.3, 0.4) is 0 Å². The molecule has 0 aromatic carbocycles. The molecule has 1 amide bonds. The molecule has 7 heteroatoms. The number of amides is 1. The molecule has 0 aliphatic rings. The Hall–Kier alpha value is -1.60. The number of hydrogen-bond donors (Lipinski definition) is 3. The van der Waals surface area contributed by atoms with Crippen molar-refractivity contribution in [3.63, 3.8) is 0 Å². The van der Waals surface area contributed by atoms with Crippen molar-refractivity contribution < 1.29 is 4.79 Å². The molecule has 0 spiro atoms. The van der Waals surface area contributed by atoms with E-state index in [0.717, 1.165) is 6.42 Å². The summed E-state index contributed by atoms with van der Waals surface area (Å²) in [6.45, 7) is 1.98. The van der Waals surface area contributed by atoms with E-state index in [2.05, 4.69) is 27.1 Å². The van der Waals surface area contributed by atoms with Gasteiger partial charge in [0.2, 0.25) is 0 Å². The number of anilines is 2. The number of nitrogen functional groups attached to an aromatic ring is 1. The van der Waals surface area contributed by atoms with Crippen LogP contribution in [0, 0.1) is 0 Å². The van der Waals surface area contributed by atoms with E-state index in [0.29, 0.717) is 10.0 Å². The molecule has 102 valence electrons. The molecule has 19 heavy (non-hydrogen) atoms. The van der Waals surface area contributed by atoms with Crippen LogP contribution in [0.4, 0.5) is 10.9 Å². The van der Waals surface area contributed by atoms with Crippen molar-refractivity contribution in [2.24, 2.45) is 0 Å². The number of aromatic nitrogens is 1. The standard InChI is InChI=1S/C12H16N4OS2/c1-7(5-8-3-4-18-6-8)15-11(17)9-10(13)16-12(14-2)19-9/h3-4,6-7H,5,13H2,1-2H3,(H,14,16)(H,15,17). The number of hydrogen-bond acceptors (Lipinski definition) is 6.